The number of ether oxygens (including phenoxy) is 1. The molecule has 2 aromatic carbocycles. The molecule has 0 saturated heterocycles. The number of hydrogen-bond donors (Lipinski definition) is 0. The number of furan rings is 1. The number of carbonyl (C=O) groups excluding carboxylic acids is 2. The predicted molar refractivity (Wildman–Crippen MR) is 139 cm³/mol. The van der Waals surface area contributed by atoms with Crippen molar-refractivity contribution in [1.82, 2.24) is 9.80 Å². The van der Waals surface area contributed by atoms with Gasteiger partial charge < -0.3 is 19.0 Å². The van der Waals surface area contributed by atoms with Crippen molar-refractivity contribution in [3.8, 4) is 5.75 Å². The lowest BCUT2D eigenvalue weighted by atomic mass is 10.00. The topological polar surface area (TPSA) is 63.0 Å². The highest BCUT2D eigenvalue weighted by Crippen LogP contribution is 2.34. The minimum atomic E-state index is -0.630. The predicted octanol–water partition coefficient (Wildman–Crippen LogP) is 5.64. The van der Waals surface area contributed by atoms with Crippen molar-refractivity contribution in [1.29, 1.82) is 0 Å². The standard InChI is InChI=1S/C29H27FN2O4S/c1-20-8-10-21(11-9-20)36-19-26-24-13-16-37-27(24)12-14-32(26)28(33)18-31(17-22-5-4-15-35-22)29(34)23-6-2-3-7-25(23)30/h2-11,13,15-16,26H,12,14,17-19H2,1H3/t26-/m0/s1. The number of aryl methyl sites for hydroxylation is 1. The third-order valence-corrected chi connectivity index (χ3v) is 7.48. The summed E-state index contributed by atoms with van der Waals surface area (Å²) in [6.07, 6.45) is 2.24. The maximum absolute atomic E-state index is 14.5. The van der Waals surface area contributed by atoms with Crippen molar-refractivity contribution in [2.75, 3.05) is 19.7 Å². The first-order chi connectivity index (χ1) is 18.0. The second kappa shape index (κ2) is 11.0. The van der Waals surface area contributed by atoms with Gasteiger partial charge in [-0.25, -0.2) is 4.39 Å². The Labute approximate surface area is 218 Å². The smallest absolute Gasteiger partial charge is 0.257 e. The molecule has 1 atom stereocenters. The first kappa shape index (κ1) is 24.8. The van der Waals surface area contributed by atoms with E-state index in [0.29, 0.717) is 12.3 Å². The summed E-state index contributed by atoms with van der Waals surface area (Å²) in [4.78, 5) is 31.4. The van der Waals surface area contributed by atoms with Crippen LogP contribution in [0.3, 0.4) is 0 Å². The molecule has 1 aliphatic rings. The van der Waals surface area contributed by atoms with E-state index in [1.807, 2.05) is 42.6 Å². The van der Waals surface area contributed by atoms with Crippen LogP contribution in [0.1, 0.15) is 38.2 Å². The minimum absolute atomic E-state index is 0.0496. The van der Waals surface area contributed by atoms with Gasteiger partial charge in [0.25, 0.3) is 5.91 Å². The molecule has 6 nitrogen and oxygen atoms in total. The van der Waals surface area contributed by atoms with E-state index in [1.165, 1.54) is 34.2 Å². The van der Waals surface area contributed by atoms with Crippen molar-refractivity contribution >= 4 is 23.2 Å². The van der Waals surface area contributed by atoms with Crippen molar-refractivity contribution in [2.24, 2.45) is 0 Å². The summed E-state index contributed by atoms with van der Waals surface area (Å²) in [5, 5.41) is 2.03. The summed E-state index contributed by atoms with van der Waals surface area (Å²) in [5.74, 6) is -0.186. The zero-order valence-electron chi connectivity index (χ0n) is 20.4. The van der Waals surface area contributed by atoms with Crippen LogP contribution in [-0.4, -0.2) is 41.3 Å². The highest BCUT2D eigenvalue weighted by Gasteiger charge is 2.34. The Hall–Kier alpha value is -3.91. The van der Waals surface area contributed by atoms with E-state index < -0.39 is 11.7 Å². The molecular weight excluding hydrogens is 491 g/mol. The first-order valence-electron chi connectivity index (χ1n) is 12.1. The minimum Gasteiger partial charge on any atom is -0.491 e. The maximum Gasteiger partial charge on any atom is 0.257 e. The molecule has 37 heavy (non-hydrogen) atoms. The molecule has 0 N–H and O–H groups in total. The zero-order chi connectivity index (χ0) is 25.8. The second-order valence-corrected chi connectivity index (χ2v) is 10.00. The van der Waals surface area contributed by atoms with Crippen molar-refractivity contribution in [3.05, 3.63) is 112 Å². The average Bonchev–Trinajstić information content (AvgIpc) is 3.60. The lowest BCUT2D eigenvalue weighted by Crippen LogP contribution is -2.47. The number of thiophene rings is 1. The fourth-order valence-corrected chi connectivity index (χ4v) is 5.46. The summed E-state index contributed by atoms with van der Waals surface area (Å²) >= 11 is 1.67. The first-order valence-corrected chi connectivity index (χ1v) is 13.0. The Morgan fingerprint density at radius 3 is 2.68 bits per heavy atom. The molecular formula is C29H27FN2O4S. The molecule has 0 radical (unpaired) electrons. The highest BCUT2D eigenvalue weighted by molar-refractivity contribution is 7.10. The zero-order valence-corrected chi connectivity index (χ0v) is 21.2. The number of benzene rings is 2. The molecule has 1 aliphatic heterocycles. The number of halogens is 1. The van der Waals surface area contributed by atoms with Gasteiger partial charge >= 0.3 is 0 Å². The average molecular weight is 519 g/mol. The highest BCUT2D eigenvalue weighted by atomic mass is 32.1. The van der Waals surface area contributed by atoms with Crippen molar-refractivity contribution in [3.63, 3.8) is 0 Å². The normalized spacial score (nSPS) is 14.8. The van der Waals surface area contributed by atoms with Crippen LogP contribution in [0.15, 0.2) is 82.8 Å². The fourth-order valence-electron chi connectivity index (χ4n) is 4.53. The Morgan fingerprint density at radius 1 is 1.11 bits per heavy atom. The van der Waals surface area contributed by atoms with Gasteiger partial charge in [-0.15, -0.1) is 11.3 Å². The van der Waals surface area contributed by atoms with Gasteiger partial charge in [-0.05, 0) is 66.8 Å². The van der Waals surface area contributed by atoms with E-state index in [1.54, 1.807) is 34.4 Å². The van der Waals surface area contributed by atoms with Gasteiger partial charge in [0.2, 0.25) is 5.91 Å². The number of amides is 2. The van der Waals surface area contributed by atoms with Crippen LogP contribution in [0, 0.1) is 12.7 Å². The molecule has 0 unspecified atom stereocenters. The number of fused-ring (bicyclic) bond motifs is 1. The number of rotatable bonds is 8. The Morgan fingerprint density at radius 2 is 1.92 bits per heavy atom. The van der Waals surface area contributed by atoms with Gasteiger partial charge in [0.15, 0.2) is 0 Å². The molecule has 2 amide bonds. The van der Waals surface area contributed by atoms with Crippen LogP contribution in [0.5, 0.6) is 5.75 Å². The lowest BCUT2D eigenvalue weighted by molar-refractivity contribution is -0.135. The molecule has 4 aromatic rings. The van der Waals surface area contributed by atoms with Gasteiger partial charge in [0.05, 0.1) is 24.4 Å². The Balaban J connectivity index is 1.38. The Kier molecular flexibility index (Phi) is 7.37. The third kappa shape index (κ3) is 5.59. The van der Waals surface area contributed by atoms with Crippen LogP contribution >= 0.6 is 11.3 Å². The summed E-state index contributed by atoms with van der Waals surface area (Å²) < 4.78 is 26.0. The monoisotopic (exact) mass is 518 g/mol. The molecule has 5 rings (SSSR count). The molecule has 0 bridgehead atoms. The van der Waals surface area contributed by atoms with E-state index in [4.69, 9.17) is 9.15 Å². The van der Waals surface area contributed by atoms with Gasteiger partial charge in [0.1, 0.15) is 30.5 Å². The summed E-state index contributed by atoms with van der Waals surface area (Å²) in [5.41, 5.74) is 2.12. The van der Waals surface area contributed by atoms with Gasteiger partial charge in [-0.1, -0.05) is 29.8 Å². The summed E-state index contributed by atoms with van der Waals surface area (Å²) in [6, 6.07) is 18.8. The van der Waals surface area contributed by atoms with Crippen molar-refractivity contribution in [2.45, 2.75) is 25.9 Å². The van der Waals surface area contributed by atoms with Gasteiger partial charge in [0, 0.05) is 11.4 Å². The van der Waals surface area contributed by atoms with Crippen LogP contribution in [0.4, 0.5) is 4.39 Å². The van der Waals surface area contributed by atoms with E-state index in [0.717, 1.165) is 23.3 Å². The fraction of sp³-hybridized carbons (Fsp3) is 0.241. The van der Waals surface area contributed by atoms with E-state index in [-0.39, 0.29) is 37.2 Å². The van der Waals surface area contributed by atoms with Gasteiger partial charge in [-0.3, -0.25) is 9.59 Å². The lowest BCUT2D eigenvalue weighted by Gasteiger charge is -2.37. The van der Waals surface area contributed by atoms with Crippen LogP contribution in [0.25, 0.3) is 0 Å². The molecule has 0 saturated carbocycles. The quantitative estimate of drug-likeness (QED) is 0.303. The molecule has 0 aliphatic carbocycles. The summed E-state index contributed by atoms with van der Waals surface area (Å²) in [6.45, 7) is 2.65. The molecule has 2 aromatic heterocycles. The second-order valence-electron chi connectivity index (χ2n) is 9.00. The SMILES string of the molecule is Cc1ccc(OC[C@H]2c3ccsc3CCN2C(=O)CN(Cc2ccco2)C(=O)c2ccccc2F)cc1. The van der Waals surface area contributed by atoms with E-state index in [2.05, 4.69) is 0 Å². The maximum atomic E-state index is 14.5. The third-order valence-electron chi connectivity index (χ3n) is 6.49. The van der Waals surface area contributed by atoms with E-state index >= 15 is 0 Å². The largest absolute Gasteiger partial charge is 0.491 e. The number of carbonyl (C=O) groups is 2. The summed E-state index contributed by atoms with van der Waals surface area (Å²) in [7, 11) is 0. The van der Waals surface area contributed by atoms with Gasteiger partial charge in [-0.2, -0.15) is 0 Å². The van der Waals surface area contributed by atoms with Crippen LogP contribution in [-0.2, 0) is 17.8 Å². The molecule has 190 valence electrons. The number of hydrogen-bond acceptors (Lipinski definition) is 5. The van der Waals surface area contributed by atoms with Crippen LogP contribution in [0.2, 0.25) is 0 Å². The molecule has 0 spiro atoms. The Bertz CT molecular complexity index is 1370. The molecule has 3 heterocycles. The van der Waals surface area contributed by atoms with Crippen LogP contribution < -0.4 is 4.74 Å². The van der Waals surface area contributed by atoms with E-state index in [9.17, 15) is 14.0 Å². The van der Waals surface area contributed by atoms with Crippen molar-refractivity contribution < 1.29 is 23.1 Å². The molecule has 0 fully saturated rings. The number of nitrogens with zero attached hydrogens (tertiary/aromatic N) is 2. The molecule has 8 heteroatoms.